The van der Waals surface area contributed by atoms with Crippen LogP contribution in [-0.2, 0) is 9.53 Å². The molecule has 2 heteroatoms. The first kappa shape index (κ1) is 13.2. The van der Waals surface area contributed by atoms with Crippen molar-refractivity contribution in [3.05, 3.63) is 12.2 Å². The van der Waals surface area contributed by atoms with E-state index in [1.54, 1.807) is 0 Å². The van der Waals surface area contributed by atoms with E-state index in [0.717, 1.165) is 25.7 Å². The minimum Gasteiger partial charge on any atom is -0.466 e. The Balaban J connectivity index is 2.10. The molecule has 1 fully saturated rings. The Morgan fingerprint density at radius 3 is 3.06 bits per heavy atom. The van der Waals surface area contributed by atoms with Gasteiger partial charge in [0.15, 0.2) is 0 Å². The van der Waals surface area contributed by atoms with Crippen molar-refractivity contribution in [3.8, 4) is 12.3 Å². The SMILES string of the molecule is C#C[C@@H]1CC[C@@]2(C)C=CC[C@H](COC(C)=O)[C@H]2C1. The van der Waals surface area contributed by atoms with Gasteiger partial charge in [-0.05, 0) is 37.0 Å². The number of esters is 1. The predicted octanol–water partition coefficient (Wildman–Crippen LogP) is 3.18. The first-order valence-electron chi connectivity index (χ1n) is 6.82. The van der Waals surface area contributed by atoms with Crippen LogP contribution in [0.3, 0.4) is 0 Å². The van der Waals surface area contributed by atoms with Crippen molar-refractivity contribution in [2.75, 3.05) is 6.61 Å². The summed E-state index contributed by atoms with van der Waals surface area (Å²) in [7, 11) is 0. The number of carbonyl (C=O) groups is 1. The highest BCUT2D eigenvalue weighted by Crippen LogP contribution is 2.51. The molecule has 2 aliphatic carbocycles. The van der Waals surface area contributed by atoms with Gasteiger partial charge in [0.2, 0.25) is 0 Å². The third-order valence-corrected chi connectivity index (χ3v) is 4.66. The summed E-state index contributed by atoms with van der Waals surface area (Å²) in [4.78, 5) is 11.0. The quantitative estimate of drug-likeness (QED) is 0.425. The van der Waals surface area contributed by atoms with Crippen LogP contribution in [0.2, 0.25) is 0 Å². The zero-order chi connectivity index (χ0) is 13.2. The van der Waals surface area contributed by atoms with Crippen molar-refractivity contribution < 1.29 is 9.53 Å². The molecule has 0 heterocycles. The monoisotopic (exact) mass is 246 g/mol. The van der Waals surface area contributed by atoms with Gasteiger partial charge in [0.1, 0.15) is 0 Å². The molecule has 4 atom stereocenters. The molecule has 2 aliphatic rings. The Morgan fingerprint density at radius 2 is 2.39 bits per heavy atom. The van der Waals surface area contributed by atoms with Crippen LogP contribution in [0.4, 0.5) is 0 Å². The fourth-order valence-corrected chi connectivity index (χ4v) is 3.54. The second-order valence-corrected chi connectivity index (χ2v) is 5.95. The van der Waals surface area contributed by atoms with Crippen LogP contribution >= 0.6 is 0 Å². The minimum absolute atomic E-state index is 0.185. The third kappa shape index (κ3) is 2.61. The Kier molecular flexibility index (Phi) is 3.80. The van der Waals surface area contributed by atoms with Gasteiger partial charge in [-0.1, -0.05) is 19.1 Å². The maximum atomic E-state index is 11.0. The van der Waals surface area contributed by atoms with E-state index in [-0.39, 0.29) is 11.4 Å². The molecule has 98 valence electrons. The summed E-state index contributed by atoms with van der Waals surface area (Å²) < 4.78 is 5.22. The number of terminal acetylenes is 1. The second kappa shape index (κ2) is 5.18. The first-order valence-corrected chi connectivity index (χ1v) is 6.82. The van der Waals surface area contributed by atoms with Gasteiger partial charge in [0.25, 0.3) is 0 Å². The normalized spacial score (nSPS) is 38.6. The van der Waals surface area contributed by atoms with E-state index < -0.39 is 0 Å². The Hall–Kier alpha value is -1.23. The van der Waals surface area contributed by atoms with Gasteiger partial charge in [-0.15, -0.1) is 12.3 Å². The molecule has 2 nitrogen and oxygen atoms in total. The van der Waals surface area contributed by atoms with Crippen LogP contribution in [0.25, 0.3) is 0 Å². The van der Waals surface area contributed by atoms with Crippen LogP contribution in [0, 0.1) is 35.5 Å². The molecule has 0 aromatic rings. The Labute approximate surface area is 110 Å². The van der Waals surface area contributed by atoms with Gasteiger partial charge in [0.05, 0.1) is 6.61 Å². The zero-order valence-corrected chi connectivity index (χ0v) is 11.3. The van der Waals surface area contributed by atoms with Gasteiger partial charge >= 0.3 is 5.97 Å². The van der Waals surface area contributed by atoms with Gasteiger partial charge < -0.3 is 4.74 Å². The number of allylic oxidation sites excluding steroid dienone is 2. The molecule has 0 aliphatic heterocycles. The van der Waals surface area contributed by atoms with Crippen LogP contribution in [0.5, 0.6) is 0 Å². The van der Waals surface area contributed by atoms with Crippen LogP contribution in [0.15, 0.2) is 12.2 Å². The van der Waals surface area contributed by atoms with E-state index in [1.807, 2.05) is 0 Å². The van der Waals surface area contributed by atoms with Crippen molar-refractivity contribution >= 4 is 5.97 Å². The number of rotatable bonds is 2. The van der Waals surface area contributed by atoms with Gasteiger partial charge in [-0.25, -0.2) is 0 Å². The van der Waals surface area contributed by atoms with E-state index in [9.17, 15) is 4.79 Å². The van der Waals surface area contributed by atoms with Crippen molar-refractivity contribution in [2.45, 2.75) is 39.5 Å². The summed E-state index contributed by atoms with van der Waals surface area (Å²) in [6, 6.07) is 0. The summed E-state index contributed by atoms with van der Waals surface area (Å²) in [6.07, 6.45) is 14.5. The molecule has 0 aromatic heterocycles. The topological polar surface area (TPSA) is 26.3 Å². The maximum Gasteiger partial charge on any atom is 0.302 e. The lowest BCUT2D eigenvalue weighted by Gasteiger charge is -2.47. The average Bonchev–Trinajstić information content (AvgIpc) is 2.35. The van der Waals surface area contributed by atoms with E-state index in [1.165, 1.54) is 6.92 Å². The molecule has 0 aromatic carbocycles. The van der Waals surface area contributed by atoms with Crippen LogP contribution in [-0.4, -0.2) is 12.6 Å². The standard InChI is InChI=1S/C16H22O2/c1-4-13-7-9-16(3)8-5-6-14(15(16)10-13)11-18-12(2)17/h1,5,8,13-15H,6-7,9-11H2,2-3H3/t13-,14-,15-,16-/m1/s1. The molecule has 0 N–H and O–H groups in total. The molecule has 1 saturated carbocycles. The average molecular weight is 246 g/mol. The van der Waals surface area contributed by atoms with E-state index in [0.29, 0.717) is 24.4 Å². The molecule has 0 saturated heterocycles. The summed E-state index contributed by atoms with van der Waals surface area (Å²) in [5.41, 5.74) is 0.246. The summed E-state index contributed by atoms with van der Waals surface area (Å²) in [5, 5.41) is 0. The Morgan fingerprint density at radius 1 is 1.61 bits per heavy atom. The van der Waals surface area contributed by atoms with Crippen molar-refractivity contribution in [1.82, 2.24) is 0 Å². The smallest absolute Gasteiger partial charge is 0.302 e. The number of hydrogen-bond acceptors (Lipinski definition) is 2. The lowest BCUT2D eigenvalue weighted by Crippen LogP contribution is -2.41. The number of carbonyl (C=O) groups excluding carboxylic acids is 1. The molecular formula is C16H22O2. The van der Waals surface area contributed by atoms with Crippen LogP contribution < -0.4 is 0 Å². The Bertz CT molecular complexity index is 390. The highest BCUT2D eigenvalue weighted by molar-refractivity contribution is 5.65. The summed E-state index contributed by atoms with van der Waals surface area (Å²) in [5.74, 6) is 4.10. The molecule has 18 heavy (non-hydrogen) atoms. The largest absolute Gasteiger partial charge is 0.466 e. The van der Waals surface area contributed by atoms with E-state index in [4.69, 9.17) is 11.2 Å². The molecule has 0 radical (unpaired) electrons. The lowest BCUT2D eigenvalue weighted by molar-refractivity contribution is -0.143. The predicted molar refractivity (Wildman–Crippen MR) is 71.7 cm³/mol. The van der Waals surface area contributed by atoms with E-state index in [2.05, 4.69) is 25.0 Å². The first-order chi connectivity index (χ1) is 8.55. The number of ether oxygens (including phenoxy) is 1. The molecule has 0 spiro atoms. The van der Waals surface area contributed by atoms with Gasteiger partial charge in [-0.3, -0.25) is 4.79 Å². The lowest BCUT2D eigenvalue weighted by atomic mass is 9.57. The fourth-order valence-electron chi connectivity index (χ4n) is 3.54. The number of fused-ring (bicyclic) bond motifs is 1. The highest BCUT2D eigenvalue weighted by Gasteiger charge is 2.43. The minimum atomic E-state index is -0.185. The molecule has 0 bridgehead atoms. The zero-order valence-electron chi connectivity index (χ0n) is 11.3. The summed E-state index contributed by atoms with van der Waals surface area (Å²) >= 11 is 0. The third-order valence-electron chi connectivity index (χ3n) is 4.66. The molecular weight excluding hydrogens is 224 g/mol. The highest BCUT2D eigenvalue weighted by atomic mass is 16.5. The van der Waals surface area contributed by atoms with Crippen molar-refractivity contribution in [3.63, 3.8) is 0 Å². The number of hydrogen-bond donors (Lipinski definition) is 0. The van der Waals surface area contributed by atoms with Crippen molar-refractivity contribution in [1.29, 1.82) is 0 Å². The molecule has 0 unspecified atom stereocenters. The van der Waals surface area contributed by atoms with Gasteiger partial charge in [-0.2, -0.15) is 0 Å². The van der Waals surface area contributed by atoms with Crippen LogP contribution in [0.1, 0.15) is 39.5 Å². The summed E-state index contributed by atoms with van der Waals surface area (Å²) in [6.45, 7) is 4.33. The fraction of sp³-hybridized carbons (Fsp3) is 0.688. The maximum absolute atomic E-state index is 11.0. The van der Waals surface area contributed by atoms with Crippen molar-refractivity contribution in [2.24, 2.45) is 23.2 Å². The van der Waals surface area contributed by atoms with E-state index >= 15 is 0 Å². The second-order valence-electron chi connectivity index (χ2n) is 5.95. The van der Waals surface area contributed by atoms with Gasteiger partial charge in [0, 0.05) is 18.8 Å². The molecule has 0 amide bonds. The molecule has 2 rings (SSSR count).